The van der Waals surface area contributed by atoms with Gasteiger partial charge in [-0.2, -0.15) is 0 Å². The van der Waals surface area contributed by atoms with Crippen LogP contribution >= 0.6 is 47.8 Å². The van der Waals surface area contributed by atoms with Crippen LogP contribution in [0.1, 0.15) is 16.7 Å². The van der Waals surface area contributed by atoms with E-state index >= 15 is 0 Å². The molecule has 0 bridgehead atoms. The molecule has 128 valence electrons. The lowest BCUT2D eigenvalue weighted by atomic mass is 10.1. The van der Waals surface area contributed by atoms with Crippen LogP contribution in [0.2, 0.25) is 0 Å². The molecule has 0 unspecified atom stereocenters. The molecule has 0 aliphatic heterocycles. The van der Waals surface area contributed by atoms with Gasteiger partial charge in [-0.05, 0) is 122 Å². The molecule has 1 nitrogen and oxygen atoms in total. The standard InChI is InChI=1S/C21H18Br3N/c1-13-4-7-19(16(22)10-13)25(20-8-5-14(2)11-17(20)23)21-9-6-15(3)12-18(21)24/h4-12H,1-3H3. The van der Waals surface area contributed by atoms with Gasteiger partial charge >= 0.3 is 0 Å². The third-order valence-electron chi connectivity index (χ3n) is 4.03. The second kappa shape index (κ2) is 7.65. The van der Waals surface area contributed by atoms with Crippen LogP contribution < -0.4 is 4.90 Å². The predicted octanol–water partition coefficient (Wildman–Crippen LogP) is 8.37. The van der Waals surface area contributed by atoms with Gasteiger partial charge in [-0.15, -0.1) is 0 Å². The number of aryl methyl sites for hydroxylation is 3. The highest BCUT2D eigenvalue weighted by molar-refractivity contribution is 9.11. The van der Waals surface area contributed by atoms with Gasteiger partial charge in [0, 0.05) is 13.4 Å². The van der Waals surface area contributed by atoms with E-state index in [2.05, 4.69) is 128 Å². The molecule has 4 heteroatoms. The molecule has 0 N–H and O–H groups in total. The highest BCUT2D eigenvalue weighted by Crippen LogP contribution is 2.45. The summed E-state index contributed by atoms with van der Waals surface area (Å²) >= 11 is 11.2. The Morgan fingerprint density at radius 2 is 0.800 bits per heavy atom. The molecular formula is C21H18Br3N. The Bertz CT molecular complexity index is 812. The molecule has 0 spiro atoms. The first kappa shape index (κ1) is 18.7. The molecule has 0 atom stereocenters. The van der Waals surface area contributed by atoms with Crippen molar-refractivity contribution in [1.82, 2.24) is 0 Å². The van der Waals surface area contributed by atoms with Gasteiger partial charge in [-0.25, -0.2) is 0 Å². The van der Waals surface area contributed by atoms with E-state index in [1.54, 1.807) is 0 Å². The summed E-state index contributed by atoms with van der Waals surface area (Å²) in [6, 6.07) is 19.3. The van der Waals surface area contributed by atoms with E-state index in [1.807, 2.05) is 0 Å². The highest BCUT2D eigenvalue weighted by Gasteiger charge is 2.19. The molecule has 0 aliphatic carbocycles. The fraction of sp³-hybridized carbons (Fsp3) is 0.143. The topological polar surface area (TPSA) is 3.24 Å². The molecule has 3 aromatic carbocycles. The van der Waals surface area contributed by atoms with E-state index in [9.17, 15) is 0 Å². The number of rotatable bonds is 3. The molecule has 25 heavy (non-hydrogen) atoms. The van der Waals surface area contributed by atoms with Crippen molar-refractivity contribution in [2.24, 2.45) is 0 Å². The van der Waals surface area contributed by atoms with Crippen LogP contribution in [-0.2, 0) is 0 Å². The maximum atomic E-state index is 3.75. The summed E-state index contributed by atoms with van der Waals surface area (Å²) in [4.78, 5) is 2.26. The molecule has 0 fully saturated rings. The Morgan fingerprint density at radius 1 is 0.520 bits per heavy atom. The number of halogens is 3. The van der Waals surface area contributed by atoms with Gasteiger partial charge in [-0.3, -0.25) is 0 Å². The summed E-state index contributed by atoms with van der Waals surface area (Å²) in [6.45, 7) is 6.30. The van der Waals surface area contributed by atoms with Gasteiger partial charge in [0.1, 0.15) is 0 Å². The van der Waals surface area contributed by atoms with Crippen LogP contribution in [-0.4, -0.2) is 0 Å². The van der Waals surface area contributed by atoms with Crippen LogP contribution in [0.25, 0.3) is 0 Å². The van der Waals surface area contributed by atoms with Crippen molar-refractivity contribution in [1.29, 1.82) is 0 Å². The van der Waals surface area contributed by atoms with Gasteiger partial charge in [0.05, 0.1) is 17.1 Å². The van der Waals surface area contributed by atoms with Crippen molar-refractivity contribution in [3.8, 4) is 0 Å². The van der Waals surface area contributed by atoms with E-state index in [0.29, 0.717) is 0 Å². The summed E-state index contributed by atoms with van der Waals surface area (Å²) in [5.74, 6) is 0. The normalized spacial score (nSPS) is 10.8. The third-order valence-corrected chi connectivity index (χ3v) is 5.94. The van der Waals surface area contributed by atoms with E-state index in [0.717, 1.165) is 30.5 Å². The Kier molecular flexibility index (Phi) is 5.71. The molecule has 0 saturated heterocycles. The van der Waals surface area contributed by atoms with Gasteiger partial charge in [0.25, 0.3) is 0 Å². The largest absolute Gasteiger partial charge is 0.307 e. The lowest BCUT2D eigenvalue weighted by molar-refractivity contribution is 1.23. The molecule has 0 saturated carbocycles. The molecule has 0 amide bonds. The molecular weight excluding hydrogens is 506 g/mol. The smallest absolute Gasteiger partial charge is 0.0604 e. The van der Waals surface area contributed by atoms with Crippen molar-refractivity contribution >= 4 is 64.9 Å². The van der Waals surface area contributed by atoms with Crippen LogP contribution in [0, 0.1) is 20.8 Å². The predicted molar refractivity (Wildman–Crippen MR) is 118 cm³/mol. The second-order valence-corrected chi connectivity index (χ2v) is 8.76. The summed E-state index contributed by atoms with van der Waals surface area (Å²) in [7, 11) is 0. The van der Waals surface area contributed by atoms with E-state index < -0.39 is 0 Å². The first-order valence-electron chi connectivity index (χ1n) is 7.95. The Balaban J connectivity index is 2.27. The number of hydrogen-bond acceptors (Lipinski definition) is 1. The second-order valence-electron chi connectivity index (χ2n) is 6.20. The van der Waals surface area contributed by atoms with Crippen molar-refractivity contribution in [3.63, 3.8) is 0 Å². The van der Waals surface area contributed by atoms with Crippen LogP contribution in [0.4, 0.5) is 17.1 Å². The van der Waals surface area contributed by atoms with Crippen LogP contribution in [0.15, 0.2) is 68.0 Å². The van der Waals surface area contributed by atoms with Gasteiger partial charge < -0.3 is 4.90 Å². The summed E-state index contributed by atoms with van der Waals surface area (Å²) in [5.41, 5.74) is 6.96. The van der Waals surface area contributed by atoms with E-state index in [1.165, 1.54) is 16.7 Å². The van der Waals surface area contributed by atoms with Crippen molar-refractivity contribution in [2.45, 2.75) is 20.8 Å². The number of hydrogen-bond donors (Lipinski definition) is 0. The van der Waals surface area contributed by atoms with Gasteiger partial charge in [-0.1, -0.05) is 18.2 Å². The number of benzene rings is 3. The number of anilines is 3. The van der Waals surface area contributed by atoms with Crippen LogP contribution in [0.3, 0.4) is 0 Å². The Hall–Kier alpha value is -1.10. The number of nitrogens with zero attached hydrogens (tertiary/aromatic N) is 1. The summed E-state index contributed by atoms with van der Waals surface area (Å²) in [6.07, 6.45) is 0. The van der Waals surface area contributed by atoms with Gasteiger partial charge in [0.15, 0.2) is 0 Å². The van der Waals surface area contributed by atoms with Crippen molar-refractivity contribution < 1.29 is 0 Å². The zero-order valence-corrected chi connectivity index (χ0v) is 19.0. The fourth-order valence-corrected chi connectivity index (χ4v) is 4.78. The van der Waals surface area contributed by atoms with Crippen molar-refractivity contribution in [2.75, 3.05) is 4.90 Å². The molecule has 0 aromatic heterocycles. The molecule has 3 aromatic rings. The minimum atomic E-state index is 1.06. The zero-order valence-electron chi connectivity index (χ0n) is 14.3. The lowest BCUT2D eigenvalue weighted by Crippen LogP contribution is -2.12. The molecule has 0 aliphatic rings. The van der Waals surface area contributed by atoms with E-state index in [-0.39, 0.29) is 0 Å². The lowest BCUT2D eigenvalue weighted by Gasteiger charge is -2.29. The van der Waals surface area contributed by atoms with Crippen molar-refractivity contribution in [3.05, 3.63) is 84.7 Å². The molecule has 3 rings (SSSR count). The maximum absolute atomic E-state index is 3.75. The first-order valence-corrected chi connectivity index (χ1v) is 10.3. The van der Waals surface area contributed by atoms with E-state index in [4.69, 9.17) is 0 Å². The quantitative estimate of drug-likeness (QED) is 0.333. The summed E-state index contributed by atoms with van der Waals surface area (Å²) < 4.78 is 3.19. The Labute approximate surface area is 174 Å². The fourth-order valence-electron chi connectivity index (χ4n) is 2.77. The third kappa shape index (κ3) is 4.02. The zero-order chi connectivity index (χ0) is 18.1. The van der Waals surface area contributed by atoms with Crippen LogP contribution in [0.5, 0.6) is 0 Å². The SMILES string of the molecule is Cc1ccc(N(c2ccc(C)cc2Br)c2ccc(C)cc2Br)c(Br)c1. The monoisotopic (exact) mass is 521 g/mol. The average Bonchev–Trinajstić information content (AvgIpc) is 2.52. The summed E-state index contributed by atoms with van der Waals surface area (Å²) in [5, 5.41) is 0. The Morgan fingerprint density at radius 3 is 1.04 bits per heavy atom. The average molecular weight is 524 g/mol. The minimum Gasteiger partial charge on any atom is -0.307 e. The highest BCUT2D eigenvalue weighted by atomic mass is 79.9. The minimum absolute atomic E-state index is 1.06. The van der Waals surface area contributed by atoms with Gasteiger partial charge in [0.2, 0.25) is 0 Å². The molecule has 0 radical (unpaired) electrons. The maximum Gasteiger partial charge on any atom is 0.0604 e. The molecule has 0 heterocycles. The first-order chi connectivity index (χ1) is 11.9.